The average Bonchev–Trinajstić information content (AvgIpc) is 2.83. The largest absolute Gasteiger partial charge is 0.321 e. The molecule has 0 aliphatic heterocycles. The SMILES string of the molecule is Clc1nc(-c2csc3ccccc23)no1. The highest BCUT2D eigenvalue weighted by Crippen LogP contribution is 2.32. The van der Waals surface area contributed by atoms with E-state index in [4.69, 9.17) is 16.1 Å². The van der Waals surface area contributed by atoms with Crippen molar-refractivity contribution >= 4 is 33.0 Å². The molecule has 15 heavy (non-hydrogen) atoms. The summed E-state index contributed by atoms with van der Waals surface area (Å²) in [6.45, 7) is 0. The first-order valence-corrected chi connectivity index (χ1v) is 5.56. The van der Waals surface area contributed by atoms with Gasteiger partial charge in [0.15, 0.2) is 0 Å². The predicted octanol–water partition coefficient (Wildman–Crippen LogP) is 3.60. The molecule has 0 spiro atoms. The standard InChI is InChI=1S/C10H5ClN2OS/c11-10-12-9(13-14-10)7-5-15-8-4-2-1-3-6(7)8/h1-5H. The van der Waals surface area contributed by atoms with Gasteiger partial charge in [-0.25, -0.2) is 0 Å². The Labute approximate surface area is 94.3 Å². The number of hydrogen-bond acceptors (Lipinski definition) is 4. The zero-order valence-electron chi connectivity index (χ0n) is 7.48. The number of hydrogen-bond donors (Lipinski definition) is 0. The molecule has 3 rings (SSSR count). The predicted molar refractivity (Wildman–Crippen MR) is 60.1 cm³/mol. The zero-order chi connectivity index (χ0) is 10.3. The lowest BCUT2D eigenvalue weighted by Crippen LogP contribution is -1.76. The van der Waals surface area contributed by atoms with E-state index in [-0.39, 0.29) is 5.35 Å². The van der Waals surface area contributed by atoms with Gasteiger partial charge in [0.2, 0.25) is 5.82 Å². The quantitative estimate of drug-likeness (QED) is 0.648. The van der Waals surface area contributed by atoms with Gasteiger partial charge in [-0.05, 0) is 17.7 Å². The van der Waals surface area contributed by atoms with Crippen molar-refractivity contribution in [3.63, 3.8) is 0 Å². The smallest absolute Gasteiger partial charge is 0.320 e. The summed E-state index contributed by atoms with van der Waals surface area (Å²) < 4.78 is 5.95. The third kappa shape index (κ3) is 1.42. The minimum absolute atomic E-state index is 0.0697. The summed E-state index contributed by atoms with van der Waals surface area (Å²) in [7, 11) is 0. The van der Waals surface area contributed by atoms with E-state index in [0.717, 1.165) is 10.9 Å². The van der Waals surface area contributed by atoms with Crippen molar-refractivity contribution in [2.24, 2.45) is 0 Å². The van der Waals surface area contributed by atoms with Crippen LogP contribution in [0.2, 0.25) is 5.35 Å². The summed E-state index contributed by atoms with van der Waals surface area (Å²) in [4.78, 5) is 4.00. The summed E-state index contributed by atoms with van der Waals surface area (Å²) in [6, 6.07) is 8.09. The van der Waals surface area contributed by atoms with Crippen LogP contribution in [0.4, 0.5) is 0 Å². The minimum Gasteiger partial charge on any atom is -0.321 e. The van der Waals surface area contributed by atoms with Crippen molar-refractivity contribution in [3.05, 3.63) is 35.0 Å². The van der Waals surface area contributed by atoms with Crippen LogP contribution in [0.3, 0.4) is 0 Å². The molecule has 0 N–H and O–H groups in total. The van der Waals surface area contributed by atoms with E-state index in [1.807, 2.05) is 23.6 Å². The van der Waals surface area contributed by atoms with Crippen molar-refractivity contribution in [2.75, 3.05) is 0 Å². The van der Waals surface area contributed by atoms with E-state index in [9.17, 15) is 0 Å². The zero-order valence-corrected chi connectivity index (χ0v) is 9.05. The van der Waals surface area contributed by atoms with Crippen LogP contribution < -0.4 is 0 Å². The van der Waals surface area contributed by atoms with Gasteiger partial charge in [0.25, 0.3) is 0 Å². The lowest BCUT2D eigenvalue weighted by Gasteiger charge is -1.90. The van der Waals surface area contributed by atoms with Crippen molar-refractivity contribution in [2.45, 2.75) is 0 Å². The monoisotopic (exact) mass is 236 g/mol. The molecule has 2 heterocycles. The summed E-state index contributed by atoms with van der Waals surface area (Å²) in [5.41, 5.74) is 0.964. The number of thiophene rings is 1. The first-order chi connectivity index (χ1) is 7.34. The fourth-order valence-electron chi connectivity index (χ4n) is 1.47. The van der Waals surface area contributed by atoms with E-state index in [1.54, 1.807) is 11.3 Å². The lowest BCUT2D eigenvalue weighted by molar-refractivity contribution is 0.421. The van der Waals surface area contributed by atoms with Crippen LogP contribution in [0.5, 0.6) is 0 Å². The topological polar surface area (TPSA) is 38.9 Å². The molecule has 0 amide bonds. The lowest BCUT2D eigenvalue weighted by atomic mass is 10.2. The Balaban J connectivity index is 2.27. The number of benzene rings is 1. The second-order valence-corrected chi connectivity index (χ2v) is 4.25. The first kappa shape index (κ1) is 8.88. The number of aromatic nitrogens is 2. The molecule has 0 saturated carbocycles. The molecule has 3 aromatic rings. The van der Waals surface area contributed by atoms with Crippen LogP contribution in [-0.2, 0) is 0 Å². The van der Waals surface area contributed by atoms with Crippen molar-refractivity contribution in [1.29, 1.82) is 0 Å². The summed E-state index contributed by atoms with van der Waals surface area (Å²) in [5, 5.41) is 7.00. The van der Waals surface area contributed by atoms with E-state index in [1.165, 1.54) is 4.70 Å². The van der Waals surface area contributed by atoms with Gasteiger partial charge < -0.3 is 4.52 Å². The van der Waals surface area contributed by atoms with Crippen molar-refractivity contribution in [3.8, 4) is 11.4 Å². The number of halogens is 1. The Kier molecular flexibility index (Phi) is 1.97. The highest BCUT2D eigenvalue weighted by molar-refractivity contribution is 7.17. The third-order valence-corrected chi connectivity index (χ3v) is 3.24. The van der Waals surface area contributed by atoms with Crippen molar-refractivity contribution in [1.82, 2.24) is 10.1 Å². The molecule has 3 nitrogen and oxygen atoms in total. The van der Waals surface area contributed by atoms with Crippen LogP contribution in [0.25, 0.3) is 21.5 Å². The Morgan fingerprint density at radius 3 is 2.93 bits per heavy atom. The second kappa shape index (κ2) is 3.32. The van der Waals surface area contributed by atoms with Gasteiger partial charge in [-0.15, -0.1) is 11.3 Å². The highest BCUT2D eigenvalue weighted by atomic mass is 35.5. The number of fused-ring (bicyclic) bond motifs is 1. The Morgan fingerprint density at radius 1 is 1.27 bits per heavy atom. The highest BCUT2D eigenvalue weighted by Gasteiger charge is 2.11. The third-order valence-electron chi connectivity index (χ3n) is 2.12. The Hall–Kier alpha value is -1.39. The van der Waals surface area contributed by atoms with E-state index < -0.39 is 0 Å². The van der Waals surface area contributed by atoms with Crippen LogP contribution in [-0.4, -0.2) is 10.1 Å². The molecule has 0 aliphatic rings. The minimum atomic E-state index is 0.0697. The van der Waals surface area contributed by atoms with E-state index in [0.29, 0.717) is 5.82 Å². The van der Waals surface area contributed by atoms with Crippen molar-refractivity contribution < 1.29 is 4.52 Å². The summed E-state index contributed by atoms with van der Waals surface area (Å²) in [5.74, 6) is 0.539. The maximum atomic E-state index is 5.59. The number of rotatable bonds is 1. The van der Waals surface area contributed by atoms with Crippen LogP contribution >= 0.6 is 22.9 Å². The van der Waals surface area contributed by atoms with Gasteiger partial charge in [0, 0.05) is 21.0 Å². The molecule has 0 atom stereocenters. The van der Waals surface area contributed by atoms with Gasteiger partial charge >= 0.3 is 5.35 Å². The maximum Gasteiger partial charge on any atom is 0.320 e. The maximum absolute atomic E-state index is 5.59. The molecule has 1 aromatic carbocycles. The van der Waals surface area contributed by atoms with E-state index >= 15 is 0 Å². The van der Waals surface area contributed by atoms with Gasteiger partial charge in [-0.3, -0.25) is 0 Å². The molecule has 5 heteroatoms. The molecule has 0 aliphatic carbocycles. The second-order valence-electron chi connectivity index (χ2n) is 3.02. The summed E-state index contributed by atoms with van der Waals surface area (Å²) in [6.07, 6.45) is 0. The fraction of sp³-hybridized carbons (Fsp3) is 0. The van der Waals surface area contributed by atoms with Crippen LogP contribution in [0, 0.1) is 0 Å². The van der Waals surface area contributed by atoms with Gasteiger partial charge in [0.05, 0.1) is 0 Å². The average molecular weight is 237 g/mol. The normalized spacial score (nSPS) is 11.0. The van der Waals surface area contributed by atoms with Gasteiger partial charge in [-0.2, -0.15) is 4.98 Å². The molecule has 0 bridgehead atoms. The van der Waals surface area contributed by atoms with Gasteiger partial charge in [-0.1, -0.05) is 23.4 Å². The molecular formula is C10H5ClN2OS. The molecule has 0 fully saturated rings. The Bertz CT molecular complexity index is 616. The van der Waals surface area contributed by atoms with Crippen LogP contribution in [0.1, 0.15) is 0 Å². The van der Waals surface area contributed by atoms with Crippen LogP contribution in [0.15, 0.2) is 34.2 Å². The summed E-state index contributed by atoms with van der Waals surface area (Å²) >= 11 is 7.24. The van der Waals surface area contributed by atoms with E-state index in [2.05, 4.69) is 16.2 Å². The molecule has 0 saturated heterocycles. The molecule has 0 unspecified atom stereocenters. The molecular weight excluding hydrogens is 232 g/mol. The number of nitrogens with zero attached hydrogens (tertiary/aromatic N) is 2. The molecule has 2 aromatic heterocycles. The van der Waals surface area contributed by atoms with Gasteiger partial charge in [0.1, 0.15) is 0 Å². The molecule has 74 valence electrons. The molecule has 0 radical (unpaired) electrons. The first-order valence-electron chi connectivity index (χ1n) is 4.30. The fourth-order valence-corrected chi connectivity index (χ4v) is 2.52. The Morgan fingerprint density at radius 2 is 2.13 bits per heavy atom.